The van der Waals surface area contributed by atoms with Crippen molar-refractivity contribution in [3.05, 3.63) is 59.7 Å². The first kappa shape index (κ1) is 17.5. The van der Waals surface area contributed by atoms with Crippen LogP contribution in [0.1, 0.15) is 32.3 Å². The maximum absolute atomic E-state index is 14.2. The van der Waals surface area contributed by atoms with Crippen LogP contribution in [0.5, 0.6) is 0 Å². The van der Waals surface area contributed by atoms with Crippen molar-refractivity contribution in [3.63, 3.8) is 0 Å². The van der Waals surface area contributed by atoms with Crippen LogP contribution in [0.4, 0.5) is 8.78 Å². The number of hydrogen-bond acceptors (Lipinski definition) is 2. The number of hydrogen-bond donors (Lipinski definition) is 1. The van der Waals surface area contributed by atoms with Crippen LogP contribution in [0.25, 0.3) is 11.1 Å². The Hall–Kier alpha value is -2.27. The number of carbonyl (C=O) groups is 1. The summed E-state index contributed by atoms with van der Waals surface area (Å²) in [6, 6.07) is 11.0. The van der Waals surface area contributed by atoms with Crippen LogP contribution in [-0.4, -0.2) is 30.9 Å². The predicted molar refractivity (Wildman–Crippen MR) is 96.1 cm³/mol. The van der Waals surface area contributed by atoms with Gasteiger partial charge < -0.3 is 10.2 Å². The molecule has 0 radical (unpaired) electrons. The second-order valence-corrected chi connectivity index (χ2v) is 6.47. The summed E-state index contributed by atoms with van der Waals surface area (Å²) in [7, 11) is 1.79. The van der Waals surface area contributed by atoms with E-state index in [4.69, 9.17) is 0 Å². The highest BCUT2D eigenvalue weighted by molar-refractivity contribution is 5.75. The number of benzene rings is 2. The second-order valence-electron chi connectivity index (χ2n) is 6.47. The van der Waals surface area contributed by atoms with Gasteiger partial charge >= 0.3 is 0 Å². The highest BCUT2D eigenvalue weighted by Gasteiger charge is 2.18. The van der Waals surface area contributed by atoms with Crippen LogP contribution in [0, 0.1) is 11.6 Å². The highest BCUT2D eigenvalue weighted by Crippen LogP contribution is 2.29. The third-order valence-corrected chi connectivity index (χ3v) is 4.65. The third-order valence-electron chi connectivity index (χ3n) is 4.65. The minimum atomic E-state index is -0.384. The molecule has 2 aromatic carbocycles. The van der Waals surface area contributed by atoms with Gasteiger partial charge in [0.1, 0.15) is 11.6 Å². The Balaban J connectivity index is 0.00000243. The average molecular weight is 346 g/mol. The first-order valence-electron chi connectivity index (χ1n) is 8.57. The van der Waals surface area contributed by atoms with Crippen LogP contribution in [0.2, 0.25) is 0 Å². The molecule has 3 nitrogen and oxygen atoms in total. The van der Waals surface area contributed by atoms with E-state index in [2.05, 4.69) is 5.32 Å². The van der Waals surface area contributed by atoms with Gasteiger partial charge in [0.05, 0.1) is 0 Å². The van der Waals surface area contributed by atoms with Crippen LogP contribution in [0.3, 0.4) is 0 Å². The van der Waals surface area contributed by atoms with Gasteiger partial charge in [-0.05, 0) is 48.2 Å². The fraction of sp³-hybridized carbons (Fsp3) is 0.350. The lowest BCUT2D eigenvalue weighted by atomic mass is 9.96. The van der Waals surface area contributed by atoms with E-state index in [1.807, 2.05) is 6.07 Å². The second kappa shape index (κ2) is 7.74. The van der Waals surface area contributed by atoms with Gasteiger partial charge in [-0.1, -0.05) is 18.2 Å². The standard InChI is InChI=1S/C20H22F2N2O.H2/c1-24-10-9-23-19(7-4-8-20(24)25)15-11-14(12-16(21)13-15)17-5-2-3-6-18(17)22;/h2-3,5-6,11-13,19,23H,4,7-10H2,1H3;1H/t19-;/m0./s1. The topological polar surface area (TPSA) is 32.3 Å². The summed E-state index contributed by atoms with van der Waals surface area (Å²) in [5.74, 6) is -0.618. The molecule has 5 heteroatoms. The molecule has 1 heterocycles. The molecule has 134 valence electrons. The Morgan fingerprint density at radius 2 is 2.00 bits per heavy atom. The van der Waals surface area contributed by atoms with E-state index < -0.39 is 0 Å². The molecule has 0 unspecified atom stereocenters. The Morgan fingerprint density at radius 3 is 2.80 bits per heavy atom. The van der Waals surface area contributed by atoms with Crippen molar-refractivity contribution in [2.45, 2.75) is 25.3 Å². The van der Waals surface area contributed by atoms with Crippen molar-refractivity contribution in [2.24, 2.45) is 0 Å². The first-order valence-corrected chi connectivity index (χ1v) is 8.57. The molecule has 2 aromatic rings. The number of rotatable bonds is 2. The smallest absolute Gasteiger partial charge is 0.222 e. The number of carbonyl (C=O) groups excluding carboxylic acids is 1. The molecule has 1 saturated heterocycles. The summed E-state index contributed by atoms with van der Waals surface area (Å²) >= 11 is 0. The molecule has 1 amide bonds. The molecule has 1 aliphatic rings. The van der Waals surface area contributed by atoms with Gasteiger partial charge in [0.15, 0.2) is 0 Å². The molecule has 0 saturated carbocycles. The first-order chi connectivity index (χ1) is 12.0. The van der Waals surface area contributed by atoms with E-state index in [1.165, 1.54) is 18.2 Å². The molecule has 25 heavy (non-hydrogen) atoms. The number of nitrogens with zero attached hydrogens (tertiary/aromatic N) is 1. The Bertz CT molecular complexity index is 769. The van der Waals surface area contributed by atoms with E-state index in [1.54, 1.807) is 30.1 Å². The predicted octanol–water partition coefficient (Wildman–Crippen LogP) is 4.15. The van der Waals surface area contributed by atoms with Crippen LogP contribution < -0.4 is 5.32 Å². The van der Waals surface area contributed by atoms with E-state index in [9.17, 15) is 13.6 Å². The quantitative estimate of drug-likeness (QED) is 0.886. The minimum absolute atomic E-state index is 0. The molecular formula is C20H24F2N2O. The third kappa shape index (κ3) is 4.23. The molecule has 1 atom stereocenters. The molecular weight excluding hydrogens is 322 g/mol. The molecule has 1 fully saturated rings. The van der Waals surface area contributed by atoms with Crippen molar-refractivity contribution in [1.82, 2.24) is 10.2 Å². The zero-order chi connectivity index (χ0) is 17.8. The number of amides is 1. The summed E-state index contributed by atoms with van der Waals surface area (Å²) in [6.07, 6.45) is 1.95. The summed E-state index contributed by atoms with van der Waals surface area (Å²) in [5, 5.41) is 3.40. The monoisotopic (exact) mass is 346 g/mol. The Morgan fingerprint density at radius 1 is 1.20 bits per heavy atom. The Labute approximate surface area is 148 Å². The summed E-state index contributed by atoms with van der Waals surface area (Å²) in [6.45, 7) is 1.25. The maximum Gasteiger partial charge on any atom is 0.222 e. The van der Waals surface area contributed by atoms with Crippen molar-refractivity contribution in [1.29, 1.82) is 0 Å². The SMILES string of the molecule is CN1CCN[C@H](c2cc(F)cc(-c3ccccc3F)c2)CCCC1=O.[HH]. The van der Waals surface area contributed by atoms with Crippen molar-refractivity contribution in [3.8, 4) is 11.1 Å². The van der Waals surface area contributed by atoms with Gasteiger partial charge in [0.25, 0.3) is 0 Å². The largest absolute Gasteiger partial charge is 0.344 e. The molecule has 0 bridgehead atoms. The summed E-state index contributed by atoms with van der Waals surface area (Å²) < 4.78 is 28.2. The zero-order valence-electron chi connectivity index (χ0n) is 14.3. The van der Waals surface area contributed by atoms with Gasteiger partial charge in [0.2, 0.25) is 5.91 Å². The maximum atomic E-state index is 14.2. The number of nitrogens with one attached hydrogen (secondary N) is 1. The van der Waals surface area contributed by atoms with E-state index in [0.717, 1.165) is 18.4 Å². The average Bonchev–Trinajstić information content (AvgIpc) is 2.67. The van der Waals surface area contributed by atoms with Crippen molar-refractivity contribution >= 4 is 5.91 Å². The summed E-state index contributed by atoms with van der Waals surface area (Å²) in [4.78, 5) is 13.6. The van der Waals surface area contributed by atoms with E-state index >= 15 is 0 Å². The van der Waals surface area contributed by atoms with Gasteiger partial charge in [-0.25, -0.2) is 8.78 Å². The zero-order valence-corrected chi connectivity index (χ0v) is 14.3. The van der Waals surface area contributed by atoms with Gasteiger partial charge in [0, 0.05) is 39.6 Å². The van der Waals surface area contributed by atoms with Gasteiger partial charge in [-0.3, -0.25) is 4.79 Å². The molecule has 3 rings (SSSR count). The lowest BCUT2D eigenvalue weighted by molar-refractivity contribution is -0.129. The fourth-order valence-corrected chi connectivity index (χ4v) is 3.23. The number of halogens is 2. The lowest BCUT2D eigenvalue weighted by Crippen LogP contribution is -2.33. The van der Waals surface area contributed by atoms with Crippen LogP contribution in [0.15, 0.2) is 42.5 Å². The molecule has 1 N–H and O–H groups in total. The van der Waals surface area contributed by atoms with Crippen LogP contribution >= 0.6 is 0 Å². The van der Waals surface area contributed by atoms with E-state index in [0.29, 0.717) is 30.6 Å². The molecule has 0 aromatic heterocycles. The summed E-state index contributed by atoms with van der Waals surface area (Å²) in [5.41, 5.74) is 1.71. The normalized spacial score (nSPS) is 19.2. The fourth-order valence-electron chi connectivity index (χ4n) is 3.23. The van der Waals surface area contributed by atoms with Gasteiger partial charge in [-0.2, -0.15) is 0 Å². The lowest BCUT2D eigenvalue weighted by Gasteiger charge is -2.20. The number of likely N-dealkylation sites (N-methyl/N-ethyl adjacent to an activating group) is 1. The van der Waals surface area contributed by atoms with Crippen LogP contribution in [-0.2, 0) is 4.79 Å². The molecule has 1 aliphatic heterocycles. The molecule has 0 aliphatic carbocycles. The van der Waals surface area contributed by atoms with E-state index in [-0.39, 0.29) is 25.0 Å². The molecule has 0 spiro atoms. The Kier molecular flexibility index (Phi) is 5.43. The minimum Gasteiger partial charge on any atom is -0.344 e. The highest BCUT2D eigenvalue weighted by atomic mass is 19.1. The van der Waals surface area contributed by atoms with Gasteiger partial charge in [-0.15, -0.1) is 0 Å². The van der Waals surface area contributed by atoms with Crippen molar-refractivity contribution in [2.75, 3.05) is 20.1 Å². The van der Waals surface area contributed by atoms with Crippen molar-refractivity contribution < 1.29 is 15.0 Å².